The van der Waals surface area contributed by atoms with Crippen LogP contribution in [0.4, 0.5) is 5.69 Å². The van der Waals surface area contributed by atoms with Crippen LogP contribution in [0.25, 0.3) is 0 Å². The van der Waals surface area contributed by atoms with Crippen molar-refractivity contribution in [2.75, 3.05) is 6.61 Å². The molecule has 0 radical (unpaired) electrons. The lowest BCUT2D eigenvalue weighted by Gasteiger charge is -2.28. The molecule has 0 spiro atoms. The van der Waals surface area contributed by atoms with Gasteiger partial charge >= 0.3 is 5.97 Å². The minimum absolute atomic E-state index is 0.0860. The van der Waals surface area contributed by atoms with E-state index in [0.29, 0.717) is 11.6 Å². The standard InChI is InChI=1S/C20H20ClNO2S2/c1-4-24-18(23)20(2,3)26-19-22-16-11-10-14(21)12-15(16)17(25-19)13-8-6-5-7-9-13/h5-12,17H,4H2,1-3H3. The maximum atomic E-state index is 12.3. The number of fused-ring (bicyclic) bond motifs is 1. The van der Waals surface area contributed by atoms with Crippen molar-refractivity contribution in [3.63, 3.8) is 0 Å². The Labute approximate surface area is 167 Å². The molecule has 1 atom stereocenters. The molecule has 1 unspecified atom stereocenters. The van der Waals surface area contributed by atoms with Crippen molar-refractivity contribution in [1.82, 2.24) is 0 Å². The van der Waals surface area contributed by atoms with Gasteiger partial charge in [0, 0.05) is 5.02 Å². The van der Waals surface area contributed by atoms with E-state index in [1.165, 1.54) is 17.3 Å². The molecule has 1 heterocycles. The smallest absolute Gasteiger partial charge is 0.322 e. The number of carbonyl (C=O) groups is 1. The van der Waals surface area contributed by atoms with E-state index in [1.54, 1.807) is 11.8 Å². The summed E-state index contributed by atoms with van der Waals surface area (Å²) in [6, 6.07) is 16.0. The fourth-order valence-electron chi connectivity index (χ4n) is 2.61. The van der Waals surface area contributed by atoms with E-state index in [0.717, 1.165) is 15.6 Å². The molecule has 0 bridgehead atoms. The first-order chi connectivity index (χ1) is 12.4. The molecule has 0 saturated carbocycles. The monoisotopic (exact) mass is 405 g/mol. The quantitative estimate of drug-likeness (QED) is 0.564. The highest BCUT2D eigenvalue weighted by atomic mass is 35.5. The Kier molecular flexibility index (Phi) is 6.00. The molecule has 0 saturated heterocycles. The van der Waals surface area contributed by atoms with Gasteiger partial charge in [-0.05, 0) is 50.1 Å². The second-order valence-electron chi connectivity index (χ2n) is 6.32. The van der Waals surface area contributed by atoms with Crippen molar-refractivity contribution >= 4 is 51.2 Å². The van der Waals surface area contributed by atoms with Gasteiger partial charge in [-0.2, -0.15) is 0 Å². The number of aliphatic imine (C=N–C) groups is 1. The topological polar surface area (TPSA) is 38.7 Å². The van der Waals surface area contributed by atoms with Crippen molar-refractivity contribution in [1.29, 1.82) is 0 Å². The summed E-state index contributed by atoms with van der Waals surface area (Å²) in [6.07, 6.45) is 0. The number of thioether (sulfide) groups is 2. The van der Waals surface area contributed by atoms with Crippen LogP contribution in [0.2, 0.25) is 5.02 Å². The lowest BCUT2D eigenvalue weighted by Crippen LogP contribution is -2.31. The third-order valence-corrected chi connectivity index (χ3v) is 6.69. The highest BCUT2D eigenvalue weighted by Gasteiger charge is 2.35. The highest BCUT2D eigenvalue weighted by Crippen LogP contribution is 2.49. The van der Waals surface area contributed by atoms with E-state index in [2.05, 4.69) is 12.1 Å². The Morgan fingerprint density at radius 1 is 1.27 bits per heavy atom. The lowest BCUT2D eigenvalue weighted by molar-refractivity contribution is -0.145. The van der Waals surface area contributed by atoms with Crippen LogP contribution in [0.3, 0.4) is 0 Å². The summed E-state index contributed by atoms with van der Waals surface area (Å²) in [5.41, 5.74) is 3.17. The van der Waals surface area contributed by atoms with Crippen LogP contribution in [0, 0.1) is 0 Å². The van der Waals surface area contributed by atoms with Crippen molar-refractivity contribution in [3.8, 4) is 0 Å². The number of ether oxygens (including phenoxy) is 1. The largest absolute Gasteiger partial charge is 0.465 e. The number of esters is 1. The zero-order chi connectivity index (χ0) is 18.7. The minimum atomic E-state index is -0.701. The number of halogens is 1. The number of rotatable bonds is 4. The Balaban J connectivity index is 1.96. The maximum Gasteiger partial charge on any atom is 0.322 e. The molecule has 1 aliphatic heterocycles. The van der Waals surface area contributed by atoms with E-state index in [9.17, 15) is 4.79 Å². The number of hydrogen-bond donors (Lipinski definition) is 0. The van der Waals surface area contributed by atoms with Gasteiger partial charge in [-0.3, -0.25) is 4.79 Å². The number of hydrogen-bond acceptors (Lipinski definition) is 5. The highest BCUT2D eigenvalue weighted by molar-refractivity contribution is 8.39. The van der Waals surface area contributed by atoms with Crippen molar-refractivity contribution in [2.24, 2.45) is 4.99 Å². The molecule has 26 heavy (non-hydrogen) atoms. The molecule has 0 aromatic heterocycles. The molecule has 2 aromatic rings. The van der Waals surface area contributed by atoms with E-state index in [4.69, 9.17) is 21.3 Å². The number of benzene rings is 2. The second-order valence-corrected chi connectivity index (χ2v) is 9.72. The van der Waals surface area contributed by atoms with Crippen LogP contribution in [-0.4, -0.2) is 21.7 Å². The average Bonchev–Trinajstić information content (AvgIpc) is 2.62. The summed E-state index contributed by atoms with van der Waals surface area (Å²) in [6.45, 7) is 5.93. The molecular formula is C20H20ClNO2S2. The molecule has 2 aromatic carbocycles. The minimum Gasteiger partial charge on any atom is -0.465 e. The summed E-state index contributed by atoms with van der Waals surface area (Å²) < 4.78 is 5.36. The first-order valence-corrected chi connectivity index (χ1v) is 10.4. The zero-order valence-electron chi connectivity index (χ0n) is 14.9. The Bertz CT molecular complexity index is 837. The van der Waals surface area contributed by atoms with Crippen molar-refractivity contribution in [3.05, 3.63) is 64.7 Å². The summed E-state index contributed by atoms with van der Waals surface area (Å²) in [7, 11) is 0. The maximum absolute atomic E-state index is 12.3. The Morgan fingerprint density at radius 2 is 2.00 bits per heavy atom. The van der Waals surface area contributed by atoms with Gasteiger partial charge in [-0.25, -0.2) is 4.99 Å². The Morgan fingerprint density at radius 3 is 2.69 bits per heavy atom. The molecule has 3 nitrogen and oxygen atoms in total. The van der Waals surface area contributed by atoms with E-state index in [1.807, 2.05) is 57.2 Å². The van der Waals surface area contributed by atoms with Gasteiger partial charge in [-0.15, -0.1) is 0 Å². The van der Waals surface area contributed by atoms with Crippen LogP contribution in [-0.2, 0) is 9.53 Å². The van der Waals surface area contributed by atoms with Gasteiger partial charge in [0.05, 0.1) is 17.5 Å². The van der Waals surface area contributed by atoms with Crippen molar-refractivity contribution in [2.45, 2.75) is 30.8 Å². The zero-order valence-corrected chi connectivity index (χ0v) is 17.3. The van der Waals surface area contributed by atoms with E-state index >= 15 is 0 Å². The fraction of sp³-hybridized carbons (Fsp3) is 0.300. The van der Waals surface area contributed by atoms with E-state index < -0.39 is 4.75 Å². The normalized spacial score (nSPS) is 16.6. The molecule has 6 heteroatoms. The summed E-state index contributed by atoms with van der Waals surface area (Å²) >= 11 is 9.31. The summed E-state index contributed by atoms with van der Waals surface area (Å²) in [5.74, 6) is -0.230. The molecule has 0 amide bonds. The third-order valence-electron chi connectivity index (χ3n) is 3.91. The molecule has 0 N–H and O–H groups in total. The molecule has 1 aliphatic rings. The molecule has 136 valence electrons. The summed E-state index contributed by atoms with van der Waals surface area (Å²) in [5, 5.41) is 0.784. The number of carbonyl (C=O) groups excluding carboxylic acids is 1. The predicted octanol–water partition coefficient (Wildman–Crippen LogP) is 6.24. The SMILES string of the molecule is CCOC(=O)C(C)(C)SC1=Nc2ccc(Cl)cc2C(c2ccccc2)S1. The fourth-order valence-corrected chi connectivity index (χ4v) is 5.58. The van der Waals surface area contributed by atoms with E-state index in [-0.39, 0.29) is 11.2 Å². The average molecular weight is 406 g/mol. The van der Waals surface area contributed by atoms with Gasteiger partial charge in [0.1, 0.15) is 9.12 Å². The molecule has 0 fully saturated rings. The third kappa shape index (κ3) is 4.27. The van der Waals surface area contributed by atoms with Crippen molar-refractivity contribution < 1.29 is 9.53 Å². The first-order valence-electron chi connectivity index (χ1n) is 8.36. The van der Waals surface area contributed by atoms with Gasteiger partial charge in [0.15, 0.2) is 0 Å². The molecule has 3 rings (SSSR count). The van der Waals surface area contributed by atoms with Crippen LogP contribution >= 0.6 is 35.1 Å². The van der Waals surface area contributed by atoms with Gasteiger partial charge in [-0.1, -0.05) is 65.5 Å². The van der Waals surface area contributed by atoms with Gasteiger partial charge < -0.3 is 4.74 Å². The molecule has 0 aliphatic carbocycles. The lowest BCUT2D eigenvalue weighted by atomic mass is 10.0. The summed E-state index contributed by atoms with van der Waals surface area (Å²) in [4.78, 5) is 17.0. The van der Waals surface area contributed by atoms with Crippen LogP contribution in [0.1, 0.15) is 37.1 Å². The Hall–Kier alpha value is -1.43. The molecular weight excluding hydrogens is 386 g/mol. The van der Waals surface area contributed by atoms with Crippen LogP contribution < -0.4 is 0 Å². The predicted molar refractivity (Wildman–Crippen MR) is 113 cm³/mol. The first kappa shape index (κ1) is 19.3. The van der Waals surface area contributed by atoms with Crippen LogP contribution in [0.5, 0.6) is 0 Å². The number of nitrogens with zero attached hydrogens (tertiary/aromatic N) is 1. The second kappa shape index (κ2) is 8.07. The van der Waals surface area contributed by atoms with Gasteiger partial charge in [0.2, 0.25) is 0 Å². The van der Waals surface area contributed by atoms with Crippen LogP contribution in [0.15, 0.2) is 53.5 Å². The van der Waals surface area contributed by atoms with Gasteiger partial charge in [0.25, 0.3) is 0 Å².